The normalized spacial score (nSPS) is 12.2. The Hall–Kier alpha value is -2.94. The molecule has 7 nitrogen and oxygen atoms in total. The van der Waals surface area contributed by atoms with Gasteiger partial charge >= 0.3 is 0 Å². The van der Waals surface area contributed by atoms with Gasteiger partial charge in [0.1, 0.15) is 11.9 Å². The summed E-state index contributed by atoms with van der Waals surface area (Å²) in [6, 6.07) is 10.6. The molecule has 1 N–H and O–H groups in total. The number of halogens is 1. The fraction of sp³-hybridized carbons (Fsp3) is 0.417. The first-order valence-corrected chi connectivity index (χ1v) is 12.6. The quantitative estimate of drug-likeness (QED) is 0.570. The zero-order chi connectivity index (χ0) is 24.8. The SMILES string of the molecule is CNC(=O)C(C)N(Cc1ccc(F)cc1)C(=O)CCCN(c1cc(C)ccc1C)S(C)(=O)=O. The van der Waals surface area contributed by atoms with Crippen LogP contribution in [0.1, 0.15) is 36.5 Å². The number of benzene rings is 2. The average molecular weight is 478 g/mol. The highest BCUT2D eigenvalue weighted by Gasteiger charge is 2.26. The van der Waals surface area contributed by atoms with Gasteiger partial charge in [-0.25, -0.2) is 12.8 Å². The van der Waals surface area contributed by atoms with E-state index in [-0.39, 0.29) is 43.6 Å². The van der Waals surface area contributed by atoms with Crippen molar-refractivity contribution in [1.82, 2.24) is 10.2 Å². The molecule has 2 amide bonds. The summed E-state index contributed by atoms with van der Waals surface area (Å²) in [5.74, 6) is -0.994. The van der Waals surface area contributed by atoms with Crippen LogP contribution in [0.4, 0.5) is 10.1 Å². The maximum absolute atomic E-state index is 13.3. The smallest absolute Gasteiger partial charge is 0.242 e. The molecule has 0 saturated carbocycles. The molecule has 0 saturated heterocycles. The first-order chi connectivity index (χ1) is 15.4. The monoisotopic (exact) mass is 477 g/mol. The van der Waals surface area contributed by atoms with Gasteiger partial charge in [0.15, 0.2) is 0 Å². The lowest BCUT2D eigenvalue weighted by atomic mass is 10.1. The predicted octanol–water partition coefficient (Wildman–Crippen LogP) is 3.15. The van der Waals surface area contributed by atoms with Gasteiger partial charge in [-0.2, -0.15) is 0 Å². The summed E-state index contributed by atoms with van der Waals surface area (Å²) in [4.78, 5) is 26.7. The van der Waals surface area contributed by atoms with Crippen molar-refractivity contribution >= 4 is 27.5 Å². The average Bonchev–Trinajstić information content (AvgIpc) is 2.76. The Morgan fingerprint density at radius 1 is 1.09 bits per heavy atom. The molecule has 0 aliphatic carbocycles. The first kappa shape index (κ1) is 26.3. The number of anilines is 1. The summed E-state index contributed by atoms with van der Waals surface area (Å²) >= 11 is 0. The van der Waals surface area contributed by atoms with Crippen LogP contribution in [0.25, 0.3) is 0 Å². The van der Waals surface area contributed by atoms with Crippen LogP contribution >= 0.6 is 0 Å². The number of nitrogens with zero attached hydrogens (tertiary/aromatic N) is 2. The van der Waals surface area contributed by atoms with E-state index in [0.29, 0.717) is 11.3 Å². The molecule has 2 aromatic rings. The second-order valence-electron chi connectivity index (χ2n) is 8.17. The van der Waals surface area contributed by atoms with Crippen molar-refractivity contribution in [3.05, 3.63) is 65.0 Å². The van der Waals surface area contributed by atoms with Gasteiger partial charge in [-0.3, -0.25) is 13.9 Å². The molecule has 0 heterocycles. The Bertz CT molecular complexity index is 1090. The maximum atomic E-state index is 13.3. The Labute approximate surface area is 195 Å². The molecule has 33 heavy (non-hydrogen) atoms. The molecule has 180 valence electrons. The number of hydrogen-bond acceptors (Lipinski definition) is 4. The molecule has 1 unspecified atom stereocenters. The Kier molecular flexibility index (Phi) is 8.99. The van der Waals surface area contributed by atoms with Gasteiger partial charge in [0.2, 0.25) is 21.8 Å². The van der Waals surface area contributed by atoms with Crippen molar-refractivity contribution in [3.8, 4) is 0 Å². The third-order valence-corrected chi connectivity index (χ3v) is 6.65. The molecule has 2 aromatic carbocycles. The minimum absolute atomic E-state index is 0.0550. The summed E-state index contributed by atoms with van der Waals surface area (Å²) in [7, 11) is -2.06. The topological polar surface area (TPSA) is 86.8 Å². The predicted molar refractivity (Wildman–Crippen MR) is 128 cm³/mol. The number of carbonyl (C=O) groups excluding carboxylic acids is 2. The second kappa shape index (κ2) is 11.3. The summed E-state index contributed by atoms with van der Waals surface area (Å²) in [5.41, 5.74) is 3.04. The number of aryl methyl sites for hydroxylation is 2. The van der Waals surface area contributed by atoms with Gasteiger partial charge in [-0.05, 0) is 62.1 Å². The van der Waals surface area contributed by atoms with Crippen molar-refractivity contribution in [3.63, 3.8) is 0 Å². The van der Waals surface area contributed by atoms with Crippen molar-refractivity contribution in [2.75, 3.05) is 24.2 Å². The minimum atomic E-state index is -3.55. The van der Waals surface area contributed by atoms with Crippen LogP contribution in [-0.2, 0) is 26.2 Å². The van der Waals surface area contributed by atoms with E-state index in [1.807, 2.05) is 32.0 Å². The van der Waals surface area contributed by atoms with Gasteiger partial charge in [0.25, 0.3) is 0 Å². The summed E-state index contributed by atoms with van der Waals surface area (Å²) in [6.07, 6.45) is 1.48. The molecule has 0 fully saturated rings. The van der Waals surface area contributed by atoms with E-state index in [4.69, 9.17) is 0 Å². The number of carbonyl (C=O) groups is 2. The van der Waals surface area contributed by atoms with E-state index in [1.165, 1.54) is 28.4 Å². The highest BCUT2D eigenvalue weighted by Crippen LogP contribution is 2.24. The number of amides is 2. The standard InChI is InChI=1S/C24H32FN3O4S/c1-17-8-9-18(2)22(15-17)28(33(5,31)32)14-6-7-23(29)27(19(3)24(30)26-4)16-20-10-12-21(25)13-11-20/h8-13,15,19H,6-7,14,16H2,1-5H3,(H,26,30). The van der Waals surface area contributed by atoms with Gasteiger partial charge in [0, 0.05) is 26.6 Å². The number of nitrogens with one attached hydrogen (secondary N) is 1. The lowest BCUT2D eigenvalue weighted by molar-refractivity contribution is -0.140. The molecule has 0 aromatic heterocycles. The third-order valence-electron chi connectivity index (χ3n) is 5.47. The number of sulfonamides is 1. The Morgan fingerprint density at radius 3 is 2.30 bits per heavy atom. The number of hydrogen-bond donors (Lipinski definition) is 1. The second-order valence-corrected chi connectivity index (χ2v) is 10.1. The third kappa shape index (κ3) is 7.28. The van der Waals surface area contributed by atoms with Gasteiger partial charge in [-0.1, -0.05) is 24.3 Å². The Morgan fingerprint density at radius 2 is 1.73 bits per heavy atom. The molecule has 1 atom stereocenters. The molecule has 0 aliphatic rings. The molecule has 2 rings (SSSR count). The van der Waals surface area contributed by atoms with Crippen molar-refractivity contribution in [2.24, 2.45) is 0 Å². The molecule has 0 spiro atoms. The van der Waals surface area contributed by atoms with E-state index in [0.717, 1.165) is 17.4 Å². The summed E-state index contributed by atoms with van der Waals surface area (Å²) in [5, 5.41) is 2.54. The largest absolute Gasteiger partial charge is 0.357 e. The first-order valence-electron chi connectivity index (χ1n) is 10.7. The Balaban J connectivity index is 2.17. The van der Waals surface area contributed by atoms with Gasteiger partial charge < -0.3 is 10.2 Å². The highest BCUT2D eigenvalue weighted by atomic mass is 32.2. The lowest BCUT2D eigenvalue weighted by Gasteiger charge is -2.29. The van der Waals surface area contributed by atoms with E-state index in [9.17, 15) is 22.4 Å². The molecule has 9 heteroatoms. The fourth-order valence-corrected chi connectivity index (χ4v) is 4.56. The van der Waals surface area contributed by atoms with Crippen LogP contribution in [0, 0.1) is 19.7 Å². The number of likely N-dealkylation sites (N-methyl/N-ethyl adjacent to an activating group) is 1. The van der Waals surface area contributed by atoms with Gasteiger partial charge in [-0.15, -0.1) is 0 Å². The zero-order valence-electron chi connectivity index (χ0n) is 19.8. The molecule has 0 aliphatic heterocycles. The van der Waals surface area contributed by atoms with Crippen molar-refractivity contribution < 1.29 is 22.4 Å². The van der Waals surface area contributed by atoms with Crippen molar-refractivity contribution in [1.29, 1.82) is 0 Å². The van der Waals surface area contributed by atoms with Crippen LogP contribution in [0.2, 0.25) is 0 Å². The van der Waals surface area contributed by atoms with Crippen molar-refractivity contribution in [2.45, 2.75) is 46.2 Å². The number of rotatable bonds is 10. The lowest BCUT2D eigenvalue weighted by Crippen LogP contribution is -2.46. The van der Waals surface area contributed by atoms with Crippen LogP contribution in [0.5, 0.6) is 0 Å². The van der Waals surface area contributed by atoms with Gasteiger partial charge in [0.05, 0.1) is 11.9 Å². The van der Waals surface area contributed by atoms with Crippen LogP contribution in [0.3, 0.4) is 0 Å². The molecule has 0 bridgehead atoms. The maximum Gasteiger partial charge on any atom is 0.242 e. The molecular formula is C24H32FN3O4S. The highest BCUT2D eigenvalue weighted by molar-refractivity contribution is 7.92. The van der Waals surface area contributed by atoms with E-state index in [1.54, 1.807) is 19.1 Å². The molecular weight excluding hydrogens is 445 g/mol. The van der Waals surface area contributed by atoms with Crippen LogP contribution in [-0.4, -0.2) is 51.0 Å². The van der Waals surface area contributed by atoms with E-state index < -0.39 is 16.1 Å². The zero-order valence-corrected chi connectivity index (χ0v) is 20.6. The fourth-order valence-electron chi connectivity index (χ4n) is 3.55. The van der Waals surface area contributed by atoms with E-state index >= 15 is 0 Å². The molecule has 0 radical (unpaired) electrons. The minimum Gasteiger partial charge on any atom is -0.357 e. The summed E-state index contributed by atoms with van der Waals surface area (Å²) < 4.78 is 39.5. The van der Waals surface area contributed by atoms with E-state index in [2.05, 4.69) is 5.32 Å². The van der Waals surface area contributed by atoms with Crippen LogP contribution < -0.4 is 9.62 Å². The summed E-state index contributed by atoms with van der Waals surface area (Å²) in [6.45, 7) is 5.63. The van der Waals surface area contributed by atoms with Crippen LogP contribution in [0.15, 0.2) is 42.5 Å².